The highest BCUT2D eigenvalue weighted by Gasteiger charge is 2.15. The van der Waals surface area contributed by atoms with E-state index in [-0.39, 0.29) is 12.5 Å². The van der Waals surface area contributed by atoms with Crippen molar-refractivity contribution in [3.63, 3.8) is 0 Å². The third kappa shape index (κ3) is 4.10. The van der Waals surface area contributed by atoms with Crippen LogP contribution < -0.4 is 10.1 Å². The number of carbonyl (C=O) groups is 1. The molecule has 4 rings (SSSR count). The minimum atomic E-state index is -0.265. The van der Waals surface area contributed by atoms with Gasteiger partial charge in [0.15, 0.2) is 12.2 Å². The fourth-order valence-electron chi connectivity index (χ4n) is 3.15. The number of nitrogens with one attached hydrogen (secondary N) is 1. The molecule has 5 nitrogen and oxygen atoms in total. The molecule has 29 heavy (non-hydrogen) atoms. The fourth-order valence-corrected chi connectivity index (χ4v) is 3.31. The number of fused-ring (bicyclic) bond motifs is 1. The second-order valence-electron chi connectivity index (χ2n) is 6.73. The van der Waals surface area contributed by atoms with Crippen LogP contribution in [0.4, 0.5) is 5.69 Å². The number of aromatic nitrogens is 1. The number of nitrogens with zero attached hydrogens (tertiary/aromatic N) is 1. The van der Waals surface area contributed by atoms with Gasteiger partial charge in [-0.2, -0.15) is 0 Å². The summed E-state index contributed by atoms with van der Waals surface area (Å²) in [5, 5.41) is 3.47. The van der Waals surface area contributed by atoms with Crippen LogP contribution in [0.25, 0.3) is 22.6 Å². The zero-order valence-corrected chi connectivity index (χ0v) is 16.8. The Morgan fingerprint density at radius 1 is 1.07 bits per heavy atom. The van der Waals surface area contributed by atoms with Gasteiger partial charge in [0.1, 0.15) is 11.3 Å². The number of ether oxygens (including phenoxy) is 1. The lowest BCUT2D eigenvalue weighted by Crippen LogP contribution is -2.21. The molecule has 6 heteroatoms. The van der Waals surface area contributed by atoms with Crippen molar-refractivity contribution >= 4 is 34.3 Å². The molecule has 1 N–H and O–H groups in total. The Bertz CT molecular complexity index is 1180. The maximum Gasteiger partial charge on any atom is 0.262 e. The van der Waals surface area contributed by atoms with E-state index in [0.717, 1.165) is 16.9 Å². The summed E-state index contributed by atoms with van der Waals surface area (Å²) >= 11 is 6.03. The van der Waals surface area contributed by atoms with E-state index >= 15 is 0 Å². The second-order valence-corrected chi connectivity index (χ2v) is 7.17. The number of oxazole rings is 1. The van der Waals surface area contributed by atoms with E-state index in [0.29, 0.717) is 33.3 Å². The summed E-state index contributed by atoms with van der Waals surface area (Å²) in [6.45, 7) is 3.81. The molecule has 1 amide bonds. The molecule has 1 heterocycles. The first-order valence-electron chi connectivity index (χ1n) is 9.15. The van der Waals surface area contributed by atoms with E-state index in [1.54, 1.807) is 24.3 Å². The third-order valence-corrected chi connectivity index (χ3v) is 4.77. The van der Waals surface area contributed by atoms with E-state index in [4.69, 9.17) is 20.8 Å². The first kappa shape index (κ1) is 19.0. The van der Waals surface area contributed by atoms with Gasteiger partial charge >= 0.3 is 0 Å². The van der Waals surface area contributed by atoms with Gasteiger partial charge in [0.05, 0.1) is 11.3 Å². The molecule has 0 bridgehead atoms. The second kappa shape index (κ2) is 7.97. The molecular weight excluding hydrogens is 388 g/mol. The zero-order valence-electron chi connectivity index (χ0n) is 16.0. The van der Waals surface area contributed by atoms with Crippen molar-refractivity contribution in [2.24, 2.45) is 0 Å². The Morgan fingerprint density at radius 2 is 1.83 bits per heavy atom. The van der Waals surface area contributed by atoms with Crippen molar-refractivity contribution in [2.75, 3.05) is 11.9 Å². The van der Waals surface area contributed by atoms with Crippen molar-refractivity contribution in [3.8, 4) is 17.2 Å². The Balaban J connectivity index is 1.54. The number of carbonyl (C=O) groups excluding carboxylic acids is 1. The SMILES string of the molecule is Cc1cccc(C)c1OCC(=O)Nc1ccccc1-c1nc2cc(Cl)ccc2o1. The van der Waals surface area contributed by atoms with Crippen LogP contribution in [-0.2, 0) is 4.79 Å². The van der Waals surface area contributed by atoms with Crippen molar-refractivity contribution in [1.29, 1.82) is 0 Å². The number of hydrogen-bond donors (Lipinski definition) is 1. The average molecular weight is 407 g/mol. The van der Waals surface area contributed by atoms with Gasteiger partial charge in [-0.05, 0) is 55.3 Å². The van der Waals surface area contributed by atoms with E-state index in [9.17, 15) is 4.79 Å². The maximum absolute atomic E-state index is 12.5. The van der Waals surface area contributed by atoms with E-state index in [1.165, 1.54) is 0 Å². The van der Waals surface area contributed by atoms with Crippen molar-refractivity contribution < 1.29 is 13.9 Å². The molecule has 0 aliphatic rings. The van der Waals surface area contributed by atoms with Gasteiger partial charge in [0.25, 0.3) is 5.91 Å². The van der Waals surface area contributed by atoms with E-state index < -0.39 is 0 Å². The molecule has 0 saturated carbocycles. The highest BCUT2D eigenvalue weighted by molar-refractivity contribution is 6.31. The number of anilines is 1. The Labute approximate surface area is 173 Å². The monoisotopic (exact) mass is 406 g/mol. The number of benzene rings is 3. The summed E-state index contributed by atoms with van der Waals surface area (Å²) in [6, 6.07) is 18.5. The number of rotatable bonds is 5. The van der Waals surface area contributed by atoms with Gasteiger partial charge in [-0.3, -0.25) is 4.79 Å². The number of hydrogen-bond acceptors (Lipinski definition) is 4. The van der Waals surface area contributed by atoms with Crippen LogP contribution in [0.15, 0.2) is 65.1 Å². The van der Waals surface area contributed by atoms with Crippen LogP contribution in [0.1, 0.15) is 11.1 Å². The quantitative estimate of drug-likeness (QED) is 0.456. The first-order chi connectivity index (χ1) is 14.0. The first-order valence-corrected chi connectivity index (χ1v) is 9.53. The van der Waals surface area contributed by atoms with Crippen LogP contribution in [0, 0.1) is 13.8 Å². The van der Waals surface area contributed by atoms with Gasteiger partial charge in [0, 0.05) is 5.02 Å². The number of para-hydroxylation sites is 2. The lowest BCUT2D eigenvalue weighted by atomic mass is 10.1. The Hall–Kier alpha value is -3.31. The maximum atomic E-state index is 12.5. The molecule has 0 atom stereocenters. The van der Waals surface area contributed by atoms with Crippen LogP contribution in [0.5, 0.6) is 5.75 Å². The molecule has 0 aliphatic carbocycles. The van der Waals surface area contributed by atoms with Crippen LogP contribution in [0.2, 0.25) is 5.02 Å². The summed E-state index contributed by atoms with van der Waals surface area (Å²) in [5.41, 5.74) is 4.54. The highest BCUT2D eigenvalue weighted by Crippen LogP contribution is 2.31. The van der Waals surface area contributed by atoms with E-state index in [2.05, 4.69) is 10.3 Å². The summed E-state index contributed by atoms with van der Waals surface area (Å²) in [7, 11) is 0. The van der Waals surface area contributed by atoms with Crippen LogP contribution in [-0.4, -0.2) is 17.5 Å². The molecule has 0 spiro atoms. The smallest absolute Gasteiger partial charge is 0.262 e. The van der Waals surface area contributed by atoms with Crippen molar-refractivity contribution in [2.45, 2.75) is 13.8 Å². The van der Waals surface area contributed by atoms with Gasteiger partial charge in [-0.1, -0.05) is 41.9 Å². The summed E-state index contributed by atoms with van der Waals surface area (Å²) in [5.74, 6) is 0.875. The average Bonchev–Trinajstić information content (AvgIpc) is 3.11. The molecule has 0 aliphatic heterocycles. The van der Waals surface area contributed by atoms with E-state index in [1.807, 2.05) is 50.2 Å². The van der Waals surface area contributed by atoms with Crippen LogP contribution in [0.3, 0.4) is 0 Å². The summed E-state index contributed by atoms with van der Waals surface area (Å²) in [4.78, 5) is 17.0. The summed E-state index contributed by atoms with van der Waals surface area (Å²) in [6.07, 6.45) is 0. The van der Waals surface area contributed by atoms with Gasteiger partial charge in [-0.25, -0.2) is 4.98 Å². The summed E-state index contributed by atoms with van der Waals surface area (Å²) < 4.78 is 11.6. The van der Waals surface area contributed by atoms with Gasteiger partial charge in [0.2, 0.25) is 5.89 Å². The third-order valence-electron chi connectivity index (χ3n) is 4.54. The molecule has 0 saturated heterocycles. The number of aryl methyl sites for hydroxylation is 2. The molecule has 146 valence electrons. The zero-order chi connectivity index (χ0) is 20.4. The Kier molecular flexibility index (Phi) is 5.23. The lowest BCUT2D eigenvalue weighted by Gasteiger charge is -2.13. The van der Waals surface area contributed by atoms with Crippen molar-refractivity contribution in [3.05, 3.63) is 76.8 Å². The molecular formula is C23H19ClN2O3. The predicted octanol–water partition coefficient (Wildman–Crippen LogP) is 5.78. The molecule has 1 aromatic heterocycles. The fraction of sp³-hybridized carbons (Fsp3) is 0.130. The highest BCUT2D eigenvalue weighted by atomic mass is 35.5. The minimum absolute atomic E-state index is 0.0941. The normalized spacial score (nSPS) is 10.9. The number of amides is 1. The van der Waals surface area contributed by atoms with Gasteiger partial charge < -0.3 is 14.5 Å². The number of halogens is 1. The van der Waals surface area contributed by atoms with Crippen LogP contribution >= 0.6 is 11.6 Å². The predicted molar refractivity (Wildman–Crippen MR) is 114 cm³/mol. The van der Waals surface area contributed by atoms with Gasteiger partial charge in [-0.15, -0.1) is 0 Å². The molecule has 3 aromatic carbocycles. The largest absolute Gasteiger partial charge is 0.483 e. The van der Waals surface area contributed by atoms with Crippen molar-refractivity contribution in [1.82, 2.24) is 4.98 Å². The molecule has 4 aromatic rings. The molecule has 0 fully saturated rings. The topological polar surface area (TPSA) is 64.4 Å². The Morgan fingerprint density at radius 3 is 2.62 bits per heavy atom. The lowest BCUT2D eigenvalue weighted by molar-refractivity contribution is -0.118. The molecule has 0 unspecified atom stereocenters. The standard InChI is InChI=1S/C23H19ClN2O3/c1-14-6-5-7-15(2)22(14)28-13-21(27)25-18-9-4-3-8-17(18)23-26-19-12-16(24)10-11-20(19)29-23/h3-12H,13H2,1-2H3,(H,25,27). The molecule has 0 radical (unpaired) electrons. The minimum Gasteiger partial charge on any atom is -0.483 e.